The highest BCUT2D eigenvalue weighted by molar-refractivity contribution is 6.06. The predicted molar refractivity (Wildman–Crippen MR) is 95.6 cm³/mol. The number of aryl methyl sites for hydroxylation is 1. The second kappa shape index (κ2) is 6.14. The Morgan fingerprint density at radius 2 is 1.84 bits per heavy atom. The number of amides is 1. The molecular formula is C20H22N2O3. The summed E-state index contributed by atoms with van der Waals surface area (Å²) in [7, 11) is 1.67. The molecule has 4 rings (SSSR count). The Morgan fingerprint density at radius 1 is 1.08 bits per heavy atom. The molecule has 5 nitrogen and oxygen atoms in total. The normalized spacial score (nSPS) is 23.6. The van der Waals surface area contributed by atoms with Gasteiger partial charge in [0.25, 0.3) is 11.5 Å². The van der Waals surface area contributed by atoms with Crippen molar-refractivity contribution in [2.75, 3.05) is 6.54 Å². The number of fused-ring (bicyclic) bond motifs is 1. The Kier molecular flexibility index (Phi) is 3.94. The van der Waals surface area contributed by atoms with Gasteiger partial charge >= 0.3 is 0 Å². The molecule has 25 heavy (non-hydrogen) atoms. The molecule has 2 atom stereocenters. The van der Waals surface area contributed by atoms with Gasteiger partial charge in [-0.25, -0.2) is 0 Å². The van der Waals surface area contributed by atoms with Gasteiger partial charge in [-0.15, -0.1) is 0 Å². The van der Waals surface area contributed by atoms with Crippen LogP contribution in [-0.2, 0) is 11.8 Å². The Balaban J connectivity index is 1.76. The zero-order valence-corrected chi connectivity index (χ0v) is 14.4. The highest BCUT2D eigenvalue weighted by atomic mass is 16.2. The fourth-order valence-electron chi connectivity index (χ4n) is 4.45. The monoisotopic (exact) mass is 338 g/mol. The minimum atomic E-state index is -0.101. The van der Waals surface area contributed by atoms with E-state index in [2.05, 4.69) is 0 Å². The van der Waals surface area contributed by atoms with Crippen LogP contribution in [0.2, 0.25) is 0 Å². The molecule has 1 saturated heterocycles. The summed E-state index contributed by atoms with van der Waals surface area (Å²) in [6.45, 7) is 0.685. The van der Waals surface area contributed by atoms with E-state index in [9.17, 15) is 14.4 Å². The van der Waals surface area contributed by atoms with Crippen LogP contribution in [0.15, 0.2) is 35.3 Å². The van der Waals surface area contributed by atoms with E-state index in [1.807, 2.05) is 23.1 Å². The summed E-state index contributed by atoms with van der Waals surface area (Å²) in [5, 5.41) is 1.25. The Hall–Kier alpha value is -2.43. The summed E-state index contributed by atoms with van der Waals surface area (Å²) >= 11 is 0. The van der Waals surface area contributed by atoms with E-state index in [0.29, 0.717) is 35.1 Å². The molecule has 0 radical (unpaired) electrons. The molecule has 1 amide bonds. The van der Waals surface area contributed by atoms with Crippen LogP contribution in [0.1, 0.15) is 42.5 Å². The first-order valence-corrected chi connectivity index (χ1v) is 9.00. The number of Topliss-reactive ketones (excluding diaryl/α,β-unsaturated/α-hetero) is 1. The van der Waals surface area contributed by atoms with Crippen molar-refractivity contribution >= 4 is 22.5 Å². The summed E-state index contributed by atoms with van der Waals surface area (Å²) in [5.41, 5.74) is 0.450. The van der Waals surface area contributed by atoms with E-state index in [4.69, 9.17) is 0 Å². The van der Waals surface area contributed by atoms with Crippen LogP contribution in [0.3, 0.4) is 0 Å². The van der Waals surface area contributed by atoms with Crippen molar-refractivity contribution in [2.45, 2.75) is 38.1 Å². The van der Waals surface area contributed by atoms with E-state index in [1.165, 1.54) is 4.57 Å². The lowest BCUT2D eigenvalue weighted by Crippen LogP contribution is -2.41. The highest BCUT2D eigenvalue weighted by Crippen LogP contribution is 2.34. The minimum Gasteiger partial charge on any atom is -0.335 e. The van der Waals surface area contributed by atoms with Crippen molar-refractivity contribution in [3.8, 4) is 0 Å². The van der Waals surface area contributed by atoms with Crippen LogP contribution in [0, 0.1) is 5.92 Å². The lowest BCUT2D eigenvalue weighted by Gasteiger charge is -2.29. The van der Waals surface area contributed by atoms with Gasteiger partial charge in [0.15, 0.2) is 0 Å². The van der Waals surface area contributed by atoms with Gasteiger partial charge in [-0.3, -0.25) is 14.4 Å². The van der Waals surface area contributed by atoms with Crippen LogP contribution in [0.5, 0.6) is 0 Å². The number of carbonyl (C=O) groups excluding carboxylic acids is 2. The predicted octanol–water partition coefficient (Wildman–Crippen LogP) is 2.51. The van der Waals surface area contributed by atoms with E-state index in [0.717, 1.165) is 25.7 Å². The molecule has 2 aromatic rings. The highest BCUT2D eigenvalue weighted by Gasteiger charge is 2.40. The number of ketones is 1. The molecule has 0 bridgehead atoms. The fourth-order valence-corrected chi connectivity index (χ4v) is 4.45. The van der Waals surface area contributed by atoms with Gasteiger partial charge in [0.2, 0.25) is 0 Å². The van der Waals surface area contributed by atoms with Gasteiger partial charge < -0.3 is 9.47 Å². The summed E-state index contributed by atoms with van der Waals surface area (Å²) in [5.74, 6) is 0.231. The maximum absolute atomic E-state index is 13.3. The number of benzene rings is 1. The summed E-state index contributed by atoms with van der Waals surface area (Å²) in [4.78, 5) is 39.7. The summed E-state index contributed by atoms with van der Waals surface area (Å²) < 4.78 is 1.47. The van der Waals surface area contributed by atoms with Crippen molar-refractivity contribution < 1.29 is 9.59 Å². The molecule has 1 saturated carbocycles. The molecular weight excluding hydrogens is 316 g/mol. The number of hydrogen-bond acceptors (Lipinski definition) is 3. The first-order chi connectivity index (χ1) is 12.1. The molecule has 0 N–H and O–H groups in total. The average molecular weight is 338 g/mol. The van der Waals surface area contributed by atoms with Crippen molar-refractivity contribution in [2.24, 2.45) is 13.0 Å². The van der Waals surface area contributed by atoms with Crippen molar-refractivity contribution in [1.82, 2.24) is 9.47 Å². The fraction of sp³-hybridized carbons (Fsp3) is 0.450. The molecule has 0 spiro atoms. The molecule has 2 aliphatic rings. The largest absolute Gasteiger partial charge is 0.335 e. The van der Waals surface area contributed by atoms with Crippen LogP contribution < -0.4 is 5.56 Å². The van der Waals surface area contributed by atoms with Gasteiger partial charge in [0.05, 0.1) is 5.56 Å². The van der Waals surface area contributed by atoms with Gasteiger partial charge in [0.1, 0.15) is 5.78 Å². The van der Waals surface area contributed by atoms with Gasteiger partial charge in [-0.1, -0.05) is 18.2 Å². The van der Waals surface area contributed by atoms with E-state index < -0.39 is 0 Å². The third-order valence-corrected chi connectivity index (χ3v) is 5.70. The Morgan fingerprint density at radius 3 is 2.56 bits per heavy atom. The number of nitrogens with zero attached hydrogens (tertiary/aromatic N) is 2. The third-order valence-electron chi connectivity index (χ3n) is 5.70. The smallest absolute Gasteiger partial charge is 0.258 e. The van der Waals surface area contributed by atoms with Crippen LogP contribution in [0.4, 0.5) is 0 Å². The topological polar surface area (TPSA) is 59.4 Å². The molecule has 5 heteroatoms. The van der Waals surface area contributed by atoms with Gasteiger partial charge in [-0.05, 0) is 31.7 Å². The second-order valence-electron chi connectivity index (χ2n) is 7.18. The second-order valence-corrected chi connectivity index (χ2v) is 7.18. The molecule has 130 valence electrons. The first kappa shape index (κ1) is 16.1. The molecule has 1 aromatic heterocycles. The van der Waals surface area contributed by atoms with Gasteiger partial charge in [0, 0.05) is 48.9 Å². The standard InChI is InChI=1S/C20H22N2O3/c1-21-12-16(13-6-2-3-7-14(13)19(21)24)20(25)22-11-5-9-17(22)15-8-4-10-18(15)23/h2-3,6-7,12,15,17H,4-5,8-11H2,1H3. The first-order valence-electron chi connectivity index (χ1n) is 9.00. The molecule has 1 aliphatic heterocycles. The zero-order chi connectivity index (χ0) is 17.6. The number of aromatic nitrogens is 1. The van der Waals surface area contributed by atoms with Crippen LogP contribution in [0.25, 0.3) is 10.8 Å². The van der Waals surface area contributed by atoms with Crippen molar-refractivity contribution in [1.29, 1.82) is 0 Å². The third kappa shape index (κ3) is 2.58. The number of hydrogen-bond donors (Lipinski definition) is 0. The maximum Gasteiger partial charge on any atom is 0.258 e. The lowest BCUT2D eigenvalue weighted by molar-refractivity contribution is -0.121. The van der Waals surface area contributed by atoms with Crippen molar-refractivity contribution in [3.05, 3.63) is 46.4 Å². The number of carbonyl (C=O) groups is 2. The molecule has 2 unspecified atom stereocenters. The Bertz CT molecular complexity index is 915. The van der Waals surface area contributed by atoms with Crippen LogP contribution >= 0.6 is 0 Å². The van der Waals surface area contributed by atoms with Gasteiger partial charge in [-0.2, -0.15) is 0 Å². The molecule has 1 aliphatic carbocycles. The van der Waals surface area contributed by atoms with E-state index >= 15 is 0 Å². The maximum atomic E-state index is 13.3. The van der Waals surface area contributed by atoms with Crippen molar-refractivity contribution in [3.63, 3.8) is 0 Å². The van der Waals surface area contributed by atoms with E-state index in [-0.39, 0.29) is 23.4 Å². The minimum absolute atomic E-state index is 0.00903. The quantitative estimate of drug-likeness (QED) is 0.845. The average Bonchev–Trinajstić information content (AvgIpc) is 3.26. The van der Waals surface area contributed by atoms with Crippen LogP contribution in [-0.4, -0.2) is 33.7 Å². The Labute approximate surface area is 146 Å². The molecule has 1 aromatic carbocycles. The SMILES string of the molecule is Cn1cc(C(=O)N2CCCC2C2CCCC2=O)c2ccccc2c1=O. The summed E-state index contributed by atoms with van der Waals surface area (Å²) in [6, 6.07) is 7.26. The van der Waals surface area contributed by atoms with E-state index in [1.54, 1.807) is 19.3 Å². The zero-order valence-electron chi connectivity index (χ0n) is 14.4. The molecule has 2 heterocycles. The molecule has 2 fully saturated rings. The lowest BCUT2D eigenvalue weighted by atomic mass is 9.94. The number of likely N-dealkylation sites (tertiary alicyclic amines) is 1. The number of pyridine rings is 1. The number of rotatable bonds is 2. The summed E-state index contributed by atoms with van der Waals surface area (Å²) in [6.07, 6.45) is 5.94.